The molecule has 0 aliphatic carbocycles. The van der Waals surface area contributed by atoms with Gasteiger partial charge in [-0.15, -0.1) is 11.8 Å². The third-order valence-electron chi connectivity index (χ3n) is 3.79. The van der Waals surface area contributed by atoms with Crippen molar-refractivity contribution >= 4 is 40.9 Å². The topological polar surface area (TPSA) is 47.6 Å². The summed E-state index contributed by atoms with van der Waals surface area (Å²) in [6, 6.07) is 10.7. The molecule has 2 rings (SSSR count). The van der Waals surface area contributed by atoms with E-state index in [1.54, 1.807) is 26.4 Å². The van der Waals surface area contributed by atoms with Crippen LogP contribution >= 0.6 is 35.0 Å². The van der Waals surface area contributed by atoms with Gasteiger partial charge in [0.25, 0.3) is 0 Å². The van der Waals surface area contributed by atoms with E-state index in [0.717, 1.165) is 11.1 Å². The number of methoxy groups -OCH3 is 2. The summed E-state index contributed by atoms with van der Waals surface area (Å²) in [4.78, 5) is 12.3. The lowest BCUT2D eigenvalue weighted by molar-refractivity contribution is -0.119. The first-order valence-corrected chi connectivity index (χ1v) is 9.88. The molecule has 0 bridgehead atoms. The number of hydrogen-bond donors (Lipinski definition) is 1. The molecule has 1 atom stereocenters. The summed E-state index contributed by atoms with van der Waals surface area (Å²) >= 11 is 13.5. The minimum atomic E-state index is -0.202. The minimum Gasteiger partial charge on any atom is -0.497 e. The molecule has 1 amide bonds. The highest BCUT2D eigenvalue weighted by molar-refractivity contribution is 7.99. The van der Waals surface area contributed by atoms with E-state index < -0.39 is 0 Å². The average Bonchev–Trinajstić information content (AvgIpc) is 2.62. The average molecular weight is 414 g/mol. The molecular weight excluding hydrogens is 393 g/mol. The molecule has 0 fully saturated rings. The fourth-order valence-electron chi connectivity index (χ4n) is 2.43. The van der Waals surface area contributed by atoms with Gasteiger partial charge in [-0.3, -0.25) is 4.79 Å². The molecule has 2 aromatic rings. The number of halogens is 2. The minimum absolute atomic E-state index is 0.0579. The van der Waals surface area contributed by atoms with Crippen LogP contribution in [-0.2, 0) is 10.5 Å². The molecule has 140 valence electrons. The van der Waals surface area contributed by atoms with E-state index in [1.165, 1.54) is 11.8 Å². The van der Waals surface area contributed by atoms with Crippen LogP contribution in [0.2, 0.25) is 10.0 Å². The van der Waals surface area contributed by atoms with Gasteiger partial charge in [0.15, 0.2) is 0 Å². The molecule has 2 aromatic carbocycles. The van der Waals surface area contributed by atoms with Crippen LogP contribution in [0.15, 0.2) is 36.4 Å². The Morgan fingerprint density at radius 1 is 1.15 bits per heavy atom. The van der Waals surface area contributed by atoms with E-state index >= 15 is 0 Å². The highest BCUT2D eigenvalue weighted by atomic mass is 35.5. The Morgan fingerprint density at radius 3 is 2.58 bits per heavy atom. The van der Waals surface area contributed by atoms with E-state index in [2.05, 4.69) is 5.32 Å². The van der Waals surface area contributed by atoms with Gasteiger partial charge in [0, 0.05) is 21.4 Å². The summed E-state index contributed by atoms with van der Waals surface area (Å²) < 4.78 is 10.6. The molecular formula is C19H21Cl2NO3S. The van der Waals surface area contributed by atoms with Crippen LogP contribution in [0.25, 0.3) is 0 Å². The van der Waals surface area contributed by atoms with E-state index in [4.69, 9.17) is 32.7 Å². The quantitative estimate of drug-likeness (QED) is 0.651. The molecule has 0 aromatic heterocycles. The van der Waals surface area contributed by atoms with Crippen LogP contribution in [0.4, 0.5) is 0 Å². The van der Waals surface area contributed by atoms with Gasteiger partial charge in [-0.2, -0.15) is 0 Å². The Bertz CT molecular complexity index is 770. The summed E-state index contributed by atoms with van der Waals surface area (Å²) in [5.41, 5.74) is 1.82. The summed E-state index contributed by atoms with van der Waals surface area (Å²) in [5.74, 6) is 2.33. The lowest BCUT2D eigenvalue weighted by Gasteiger charge is -2.18. The molecule has 0 spiro atoms. The SMILES string of the molecule is COc1ccc(OC)c([C@H](C)NC(=O)CSCc2ccc(Cl)cc2Cl)c1. The smallest absolute Gasteiger partial charge is 0.230 e. The second-order valence-corrected chi connectivity index (χ2v) is 7.45. The van der Waals surface area contributed by atoms with Gasteiger partial charge in [-0.1, -0.05) is 29.3 Å². The van der Waals surface area contributed by atoms with Crippen LogP contribution in [0.5, 0.6) is 11.5 Å². The molecule has 0 saturated carbocycles. The second-order valence-electron chi connectivity index (χ2n) is 5.63. The second kappa shape index (κ2) is 9.95. The van der Waals surface area contributed by atoms with Gasteiger partial charge in [0.1, 0.15) is 11.5 Å². The van der Waals surface area contributed by atoms with Gasteiger partial charge in [-0.25, -0.2) is 0 Å². The predicted molar refractivity (Wildman–Crippen MR) is 109 cm³/mol. The lowest BCUT2D eigenvalue weighted by Crippen LogP contribution is -2.28. The van der Waals surface area contributed by atoms with Crippen molar-refractivity contribution in [3.05, 3.63) is 57.6 Å². The van der Waals surface area contributed by atoms with Gasteiger partial charge in [0.2, 0.25) is 5.91 Å². The van der Waals surface area contributed by atoms with Crippen molar-refractivity contribution in [2.45, 2.75) is 18.7 Å². The van der Waals surface area contributed by atoms with Gasteiger partial charge >= 0.3 is 0 Å². The summed E-state index contributed by atoms with van der Waals surface area (Å²) in [6.45, 7) is 1.91. The van der Waals surface area contributed by atoms with Crippen molar-refractivity contribution in [3.63, 3.8) is 0 Å². The lowest BCUT2D eigenvalue weighted by atomic mass is 10.1. The maximum absolute atomic E-state index is 12.3. The van der Waals surface area contributed by atoms with Gasteiger partial charge in [0.05, 0.1) is 26.0 Å². The van der Waals surface area contributed by atoms with Gasteiger partial charge < -0.3 is 14.8 Å². The Morgan fingerprint density at radius 2 is 1.92 bits per heavy atom. The number of carbonyl (C=O) groups is 1. The predicted octanol–water partition coefficient (Wildman–Crippen LogP) is 5.12. The molecule has 0 aliphatic rings. The number of rotatable bonds is 8. The van der Waals surface area contributed by atoms with E-state index in [1.807, 2.05) is 31.2 Å². The number of amides is 1. The fourth-order valence-corrected chi connectivity index (χ4v) is 3.83. The maximum atomic E-state index is 12.3. The highest BCUT2D eigenvalue weighted by Crippen LogP contribution is 2.29. The molecule has 0 heterocycles. The first kappa shape index (κ1) is 20.7. The van der Waals surface area contributed by atoms with Crippen LogP contribution in [0.1, 0.15) is 24.1 Å². The Balaban J connectivity index is 1.91. The Labute approximate surface area is 168 Å². The normalized spacial score (nSPS) is 11.7. The molecule has 0 unspecified atom stereocenters. The van der Waals surface area contributed by atoms with E-state index in [9.17, 15) is 4.79 Å². The van der Waals surface area contributed by atoms with Crippen LogP contribution in [0, 0.1) is 0 Å². The molecule has 0 aliphatic heterocycles. The monoisotopic (exact) mass is 413 g/mol. The van der Waals surface area contributed by atoms with Crippen molar-refractivity contribution in [1.82, 2.24) is 5.32 Å². The summed E-state index contributed by atoms with van der Waals surface area (Å²) in [7, 11) is 3.21. The number of nitrogens with one attached hydrogen (secondary N) is 1. The zero-order valence-corrected chi connectivity index (χ0v) is 17.2. The summed E-state index contributed by atoms with van der Waals surface area (Å²) in [6.07, 6.45) is 0. The molecule has 7 heteroatoms. The molecule has 0 saturated heterocycles. The van der Waals surface area contributed by atoms with Crippen LogP contribution in [0.3, 0.4) is 0 Å². The first-order chi connectivity index (χ1) is 12.4. The third kappa shape index (κ3) is 5.73. The number of carbonyl (C=O) groups excluding carboxylic acids is 1. The summed E-state index contributed by atoms with van der Waals surface area (Å²) in [5, 5.41) is 4.19. The highest BCUT2D eigenvalue weighted by Gasteiger charge is 2.15. The van der Waals surface area contributed by atoms with Crippen molar-refractivity contribution in [1.29, 1.82) is 0 Å². The number of thioether (sulfide) groups is 1. The van der Waals surface area contributed by atoms with Gasteiger partial charge in [-0.05, 0) is 42.8 Å². The molecule has 0 radical (unpaired) electrons. The Kier molecular flexibility index (Phi) is 7.94. The third-order valence-corrected chi connectivity index (χ3v) is 5.36. The number of hydrogen-bond acceptors (Lipinski definition) is 4. The van der Waals surface area contributed by atoms with Crippen LogP contribution < -0.4 is 14.8 Å². The standard InChI is InChI=1S/C19H21Cl2NO3S/c1-12(16-9-15(24-2)6-7-18(16)25-3)22-19(23)11-26-10-13-4-5-14(20)8-17(13)21/h4-9,12H,10-11H2,1-3H3,(H,22,23)/t12-/m0/s1. The number of ether oxygens (including phenoxy) is 2. The zero-order chi connectivity index (χ0) is 19.1. The Hall–Kier alpha value is -1.56. The zero-order valence-electron chi connectivity index (χ0n) is 14.8. The maximum Gasteiger partial charge on any atom is 0.230 e. The van der Waals surface area contributed by atoms with Crippen molar-refractivity contribution in [3.8, 4) is 11.5 Å². The van der Waals surface area contributed by atoms with E-state index in [0.29, 0.717) is 33.0 Å². The molecule has 26 heavy (non-hydrogen) atoms. The van der Waals surface area contributed by atoms with Crippen LogP contribution in [-0.4, -0.2) is 25.9 Å². The fraction of sp³-hybridized carbons (Fsp3) is 0.316. The largest absolute Gasteiger partial charge is 0.497 e. The van der Waals surface area contributed by atoms with Crippen molar-refractivity contribution in [2.24, 2.45) is 0 Å². The first-order valence-electron chi connectivity index (χ1n) is 7.97. The van der Waals surface area contributed by atoms with Crippen molar-refractivity contribution in [2.75, 3.05) is 20.0 Å². The molecule has 4 nitrogen and oxygen atoms in total. The van der Waals surface area contributed by atoms with Crippen molar-refractivity contribution < 1.29 is 14.3 Å². The molecule has 1 N–H and O–H groups in total. The van der Waals surface area contributed by atoms with E-state index in [-0.39, 0.29) is 11.9 Å². The number of benzene rings is 2.